The van der Waals surface area contributed by atoms with Crippen molar-refractivity contribution in [3.05, 3.63) is 53.9 Å². The molecular weight excluding hydrogens is 294 g/mol. The Hall–Kier alpha value is -2.40. The van der Waals surface area contributed by atoms with Crippen LogP contribution in [0.25, 0.3) is 0 Å². The summed E-state index contributed by atoms with van der Waals surface area (Å²) in [7, 11) is 0. The number of ether oxygens (including phenoxy) is 3. The SMILES string of the molecule is CCCOCCOc1ccnc(C=O)c1OCc1ccccc1. The molecule has 5 nitrogen and oxygen atoms in total. The van der Waals surface area contributed by atoms with E-state index in [0.717, 1.165) is 12.0 Å². The predicted molar refractivity (Wildman–Crippen MR) is 87.0 cm³/mol. The normalized spacial score (nSPS) is 10.3. The molecule has 0 unspecified atom stereocenters. The van der Waals surface area contributed by atoms with Crippen molar-refractivity contribution in [2.75, 3.05) is 19.8 Å². The van der Waals surface area contributed by atoms with Gasteiger partial charge in [0.15, 0.2) is 17.8 Å². The first-order chi connectivity index (χ1) is 11.3. The van der Waals surface area contributed by atoms with Gasteiger partial charge >= 0.3 is 0 Å². The van der Waals surface area contributed by atoms with E-state index in [-0.39, 0.29) is 5.69 Å². The Morgan fingerprint density at radius 3 is 2.61 bits per heavy atom. The predicted octanol–water partition coefficient (Wildman–Crippen LogP) is 3.28. The maximum Gasteiger partial charge on any atom is 0.190 e. The van der Waals surface area contributed by atoms with Crippen molar-refractivity contribution in [2.24, 2.45) is 0 Å². The minimum absolute atomic E-state index is 0.230. The maximum atomic E-state index is 11.2. The van der Waals surface area contributed by atoms with Crippen LogP contribution in [0.4, 0.5) is 0 Å². The standard InChI is InChI=1S/C18H21NO4/c1-2-10-21-11-12-22-17-8-9-19-16(13-20)18(17)23-14-15-6-4-3-5-7-15/h3-9,13H,2,10-12,14H2,1H3. The third-order valence-corrected chi connectivity index (χ3v) is 3.07. The zero-order valence-electron chi connectivity index (χ0n) is 13.2. The fraction of sp³-hybridized carbons (Fsp3) is 0.333. The van der Waals surface area contributed by atoms with E-state index >= 15 is 0 Å². The molecule has 0 aliphatic carbocycles. The lowest BCUT2D eigenvalue weighted by Crippen LogP contribution is -2.09. The molecular formula is C18H21NO4. The summed E-state index contributed by atoms with van der Waals surface area (Å²) >= 11 is 0. The van der Waals surface area contributed by atoms with Crippen LogP contribution in [-0.2, 0) is 11.3 Å². The molecule has 0 N–H and O–H groups in total. The van der Waals surface area contributed by atoms with Crippen molar-refractivity contribution in [3.8, 4) is 11.5 Å². The number of nitrogens with zero attached hydrogens (tertiary/aromatic N) is 1. The highest BCUT2D eigenvalue weighted by Crippen LogP contribution is 2.29. The molecule has 0 atom stereocenters. The number of rotatable bonds is 10. The third-order valence-electron chi connectivity index (χ3n) is 3.07. The van der Waals surface area contributed by atoms with Gasteiger partial charge in [-0.1, -0.05) is 37.3 Å². The molecule has 0 aliphatic rings. The molecule has 122 valence electrons. The number of hydrogen-bond acceptors (Lipinski definition) is 5. The van der Waals surface area contributed by atoms with Gasteiger partial charge in [0.2, 0.25) is 0 Å². The van der Waals surface area contributed by atoms with Crippen molar-refractivity contribution in [2.45, 2.75) is 20.0 Å². The molecule has 0 radical (unpaired) electrons. The van der Waals surface area contributed by atoms with Crippen LogP contribution in [0.1, 0.15) is 29.4 Å². The van der Waals surface area contributed by atoms with Crippen LogP contribution in [0.15, 0.2) is 42.6 Å². The van der Waals surface area contributed by atoms with Gasteiger partial charge in [-0.15, -0.1) is 0 Å². The molecule has 23 heavy (non-hydrogen) atoms. The van der Waals surface area contributed by atoms with E-state index in [4.69, 9.17) is 14.2 Å². The highest BCUT2D eigenvalue weighted by atomic mass is 16.5. The Balaban J connectivity index is 2.01. The van der Waals surface area contributed by atoms with Crippen molar-refractivity contribution in [1.29, 1.82) is 0 Å². The van der Waals surface area contributed by atoms with Crippen LogP contribution in [0, 0.1) is 0 Å². The van der Waals surface area contributed by atoms with Crippen LogP contribution < -0.4 is 9.47 Å². The fourth-order valence-corrected chi connectivity index (χ4v) is 1.98. The molecule has 0 aliphatic heterocycles. The average Bonchev–Trinajstić information content (AvgIpc) is 2.61. The second-order valence-electron chi connectivity index (χ2n) is 4.88. The summed E-state index contributed by atoms with van der Waals surface area (Å²) < 4.78 is 16.8. The summed E-state index contributed by atoms with van der Waals surface area (Å²) in [6.07, 6.45) is 3.16. The molecule has 1 aromatic carbocycles. The summed E-state index contributed by atoms with van der Waals surface area (Å²) in [5.74, 6) is 0.861. The molecule has 2 aromatic rings. The largest absolute Gasteiger partial charge is 0.487 e. The Labute approximate surface area is 136 Å². The van der Waals surface area contributed by atoms with E-state index < -0.39 is 0 Å². The van der Waals surface area contributed by atoms with Gasteiger partial charge in [-0.25, -0.2) is 4.98 Å². The van der Waals surface area contributed by atoms with Gasteiger partial charge in [0.25, 0.3) is 0 Å². The lowest BCUT2D eigenvalue weighted by atomic mass is 10.2. The summed E-state index contributed by atoms with van der Waals surface area (Å²) in [6.45, 7) is 3.98. The van der Waals surface area contributed by atoms with Crippen LogP contribution >= 0.6 is 0 Å². The molecule has 0 saturated heterocycles. The quantitative estimate of drug-likeness (QED) is 0.497. The zero-order chi connectivity index (χ0) is 16.3. The van der Waals surface area contributed by atoms with Crippen LogP contribution in [0.5, 0.6) is 11.5 Å². The number of aromatic nitrogens is 1. The lowest BCUT2D eigenvalue weighted by molar-refractivity contribution is 0.0985. The number of pyridine rings is 1. The number of benzene rings is 1. The van der Waals surface area contributed by atoms with Crippen LogP contribution in [-0.4, -0.2) is 31.1 Å². The second kappa shape index (κ2) is 9.58. The van der Waals surface area contributed by atoms with Gasteiger partial charge in [-0.05, 0) is 12.0 Å². The van der Waals surface area contributed by atoms with Crippen LogP contribution in [0.2, 0.25) is 0 Å². The zero-order valence-corrected chi connectivity index (χ0v) is 13.2. The third kappa shape index (κ3) is 5.38. The molecule has 0 saturated carbocycles. The molecule has 1 aromatic heterocycles. The van der Waals surface area contributed by atoms with Gasteiger partial charge < -0.3 is 14.2 Å². The van der Waals surface area contributed by atoms with E-state index in [2.05, 4.69) is 11.9 Å². The molecule has 1 heterocycles. The van der Waals surface area contributed by atoms with Crippen molar-refractivity contribution >= 4 is 6.29 Å². The highest BCUT2D eigenvalue weighted by molar-refractivity contribution is 5.78. The lowest BCUT2D eigenvalue weighted by Gasteiger charge is -2.14. The van der Waals surface area contributed by atoms with Crippen LogP contribution in [0.3, 0.4) is 0 Å². The van der Waals surface area contributed by atoms with E-state index in [1.807, 2.05) is 30.3 Å². The first kappa shape index (κ1) is 17.0. The van der Waals surface area contributed by atoms with E-state index in [9.17, 15) is 4.79 Å². The smallest absolute Gasteiger partial charge is 0.190 e. The van der Waals surface area contributed by atoms with Gasteiger partial charge in [0.05, 0.1) is 6.61 Å². The fourth-order valence-electron chi connectivity index (χ4n) is 1.98. The van der Waals surface area contributed by atoms with Gasteiger partial charge in [-0.2, -0.15) is 0 Å². The monoisotopic (exact) mass is 315 g/mol. The molecule has 5 heteroatoms. The number of aldehydes is 1. The molecule has 0 bridgehead atoms. The molecule has 0 fully saturated rings. The average molecular weight is 315 g/mol. The van der Waals surface area contributed by atoms with Gasteiger partial charge in [-0.3, -0.25) is 4.79 Å². The number of carbonyl (C=O) groups excluding carboxylic acids is 1. The van der Waals surface area contributed by atoms with E-state index in [0.29, 0.717) is 44.2 Å². The maximum absolute atomic E-state index is 11.2. The molecule has 2 rings (SSSR count). The Bertz CT molecular complexity index is 601. The highest BCUT2D eigenvalue weighted by Gasteiger charge is 2.12. The first-order valence-electron chi connectivity index (χ1n) is 7.66. The van der Waals surface area contributed by atoms with Gasteiger partial charge in [0.1, 0.15) is 18.9 Å². The summed E-state index contributed by atoms with van der Waals surface area (Å²) in [4.78, 5) is 15.2. The minimum atomic E-state index is 0.230. The summed E-state index contributed by atoms with van der Waals surface area (Å²) in [5, 5.41) is 0. The Morgan fingerprint density at radius 1 is 1.04 bits per heavy atom. The number of hydrogen-bond donors (Lipinski definition) is 0. The minimum Gasteiger partial charge on any atom is -0.487 e. The summed E-state index contributed by atoms with van der Waals surface area (Å²) in [5.41, 5.74) is 1.23. The van der Waals surface area contributed by atoms with E-state index in [1.54, 1.807) is 6.07 Å². The van der Waals surface area contributed by atoms with E-state index in [1.165, 1.54) is 6.20 Å². The molecule has 0 amide bonds. The summed E-state index contributed by atoms with van der Waals surface area (Å²) in [6, 6.07) is 11.4. The molecule has 0 spiro atoms. The Kier molecular flexibility index (Phi) is 7.07. The van der Waals surface area contributed by atoms with Gasteiger partial charge in [0, 0.05) is 18.9 Å². The van der Waals surface area contributed by atoms with Crippen molar-refractivity contribution in [1.82, 2.24) is 4.98 Å². The second-order valence-corrected chi connectivity index (χ2v) is 4.88. The van der Waals surface area contributed by atoms with Crippen molar-refractivity contribution < 1.29 is 19.0 Å². The topological polar surface area (TPSA) is 57.7 Å². The number of carbonyl (C=O) groups is 1. The Morgan fingerprint density at radius 2 is 1.87 bits per heavy atom. The van der Waals surface area contributed by atoms with Crippen molar-refractivity contribution in [3.63, 3.8) is 0 Å². The first-order valence-corrected chi connectivity index (χ1v) is 7.66.